The number of halogens is 1. The molecular formula is C14H10ClNO3. The Hall–Kier alpha value is -2.20. The van der Waals surface area contributed by atoms with Crippen molar-refractivity contribution in [2.45, 2.75) is 6.92 Å². The van der Waals surface area contributed by atoms with Gasteiger partial charge in [-0.15, -0.1) is 0 Å². The standard InChI is InChI=1S/C14H10ClNO3/c1-9-8-10(6-7-13(9)17)16-19-14(18)11-4-2-3-5-12(11)15/h2-8H,1H3/b16-10-. The molecule has 19 heavy (non-hydrogen) atoms. The van der Waals surface area contributed by atoms with Crippen LogP contribution in [0.25, 0.3) is 0 Å². The molecule has 0 spiro atoms. The lowest BCUT2D eigenvalue weighted by molar-refractivity contribution is -0.111. The Morgan fingerprint density at radius 3 is 2.68 bits per heavy atom. The summed E-state index contributed by atoms with van der Waals surface area (Å²) in [6.45, 7) is 1.66. The van der Waals surface area contributed by atoms with E-state index in [9.17, 15) is 9.59 Å². The Morgan fingerprint density at radius 2 is 2.00 bits per heavy atom. The van der Waals surface area contributed by atoms with Crippen LogP contribution in [-0.4, -0.2) is 17.5 Å². The third kappa shape index (κ3) is 3.17. The first-order valence-corrected chi connectivity index (χ1v) is 5.90. The van der Waals surface area contributed by atoms with Gasteiger partial charge in [0.25, 0.3) is 0 Å². The third-order valence-corrected chi connectivity index (χ3v) is 2.82. The second kappa shape index (κ2) is 5.63. The van der Waals surface area contributed by atoms with E-state index in [0.29, 0.717) is 16.3 Å². The van der Waals surface area contributed by atoms with Gasteiger partial charge in [-0.2, -0.15) is 0 Å². The van der Waals surface area contributed by atoms with Crippen LogP contribution < -0.4 is 0 Å². The number of hydrogen-bond donors (Lipinski definition) is 0. The molecule has 0 fully saturated rings. The normalized spacial score (nSPS) is 16.4. The number of hydrogen-bond acceptors (Lipinski definition) is 4. The number of carbonyl (C=O) groups is 2. The molecule has 4 nitrogen and oxygen atoms in total. The van der Waals surface area contributed by atoms with Gasteiger partial charge in [0.2, 0.25) is 0 Å². The van der Waals surface area contributed by atoms with Crippen LogP contribution in [0, 0.1) is 0 Å². The summed E-state index contributed by atoms with van der Waals surface area (Å²) in [6, 6.07) is 6.53. The van der Waals surface area contributed by atoms with Gasteiger partial charge in [0, 0.05) is 0 Å². The summed E-state index contributed by atoms with van der Waals surface area (Å²) in [6.07, 6.45) is 4.40. The summed E-state index contributed by atoms with van der Waals surface area (Å²) in [7, 11) is 0. The molecule has 1 aliphatic carbocycles. The van der Waals surface area contributed by atoms with Gasteiger partial charge in [0.05, 0.1) is 10.6 Å². The highest BCUT2D eigenvalue weighted by molar-refractivity contribution is 6.33. The number of nitrogens with zero attached hydrogens (tertiary/aromatic N) is 1. The number of allylic oxidation sites excluding steroid dienone is 4. The van der Waals surface area contributed by atoms with Crippen LogP contribution in [0.3, 0.4) is 0 Å². The van der Waals surface area contributed by atoms with Crippen molar-refractivity contribution in [2.75, 3.05) is 0 Å². The van der Waals surface area contributed by atoms with Gasteiger partial charge in [-0.05, 0) is 42.9 Å². The monoisotopic (exact) mass is 275 g/mol. The molecule has 2 rings (SSSR count). The molecule has 5 heteroatoms. The topological polar surface area (TPSA) is 55.7 Å². The molecule has 1 aliphatic rings. The van der Waals surface area contributed by atoms with Gasteiger partial charge in [0.15, 0.2) is 5.78 Å². The van der Waals surface area contributed by atoms with E-state index in [4.69, 9.17) is 16.4 Å². The SMILES string of the molecule is CC1=C/C(=N\OC(=O)c2ccccc2Cl)C=CC1=O. The highest BCUT2D eigenvalue weighted by Gasteiger charge is 2.12. The average molecular weight is 276 g/mol. The lowest BCUT2D eigenvalue weighted by Crippen LogP contribution is -2.08. The van der Waals surface area contributed by atoms with Crippen molar-refractivity contribution in [1.82, 2.24) is 0 Å². The molecule has 96 valence electrons. The summed E-state index contributed by atoms with van der Waals surface area (Å²) < 4.78 is 0. The van der Waals surface area contributed by atoms with E-state index in [-0.39, 0.29) is 11.3 Å². The molecular weight excluding hydrogens is 266 g/mol. The van der Waals surface area contributed by atoms with E-state index in [0.717, 1.165) is 0 Å². The molecule has 1 aromatic rings. The van der Waals surface area contributed by atoms with E-state index in [1.54, 1.807) is 37.3 Å². The highest BCUT2D eigenvalue weighted by atomic mass is 35.5. The summed E-state index contributed by atoms with van der Waals surface area (Å²) in [4.78, 5) is 27.7. The Labute approximate surface area is 115 Å². The summed E-state index contributed by atoms with van der Waals surface area (Å²) in [5.41, 5.74) is 1.18. The predicted molar refractivity (Wildman–Crippen MR) is 72.2 cm³/mol. The van der Waals surface area contributed by atoms with Crippen molar-refractivity contribution in [3.05, 3.63) is 58.7 Å². The summed E-state index contributed by atoms with van der Waals surface area (Å²) >= 11 is 5.86. The third-order valence-electron chi connectivity index (χ3n) is 2.49. The molecule has 0 radical (unpaired) electrons. The lowest BCUT2D eigenvalue weighted by Gasteiger charge is -2.04. The molecule has 0 unspecified atom stereocenters. The molecule has 0 atom stereocenters. The molecule has 0 amide bonds. The Kier molecular flexibility index (Phi) is 3.92. The molecule has 0 aromatic heterocycles. The van der Waals surface area contributed by atoms with E-state index in [1.165, 1.54) is 12.2 Å². The minimum absolute atomic E-state index is 0.0867. The maximum atomic E-state index is 11.7. The predicted octanol–water partition coefficient (Wildman–Crippen LogP) is 2.94. The number of oxime groups is 1. The first-order chi connectivity index (χ1) is 9.08. The molecule has 0 heterocycles. The smallest absolute Gasteiger partial charge is 0.312 e. The molecule has 0 saturated heterocycles. The fourth-order valence-corrected chi connectivity index (χ4v) is 1.67. The van der Waals surface area contributed by atoms with Gasteiger partial charge in [-0.3, -0.25) is 4.79 Å². The first kappa shape index (κ1) is 13.2. The largest absolute Gasteiger partial charge is 0.367 e. The number of rotatable bonds is 2. The fraction of sp³-hybridized carbons (Fsp3) is 0.0714. The van der Waals surface area contributed by atoms with Crippen LogP contribution in [0.5, 0.6) is 0 Å². The van der Waals surface area contributed by atoms with Crippen molar-refractivity contribution < 1.29 is 14.4 Å². The van der Waals surface area contributed by atoms with E-state index >= 15 is 0 Å². The van der Waals surface area contributed by atoms with Crippen molar-refractivity contribution in [3.8, 4) is 0 Å². The zero-order valence-corrected chi connectivity index (χ0v) is 10.8. The van der Waals surface area contributed by atoms with Crippen molar-refractivity contribution >= 4 is 29.1 Å². The van der Waals surface area contributed by atoms with E-state index in [1.807, 2.05) is 0 Å². The molecule has 1 aromatic carbocycles. The molecule has 0 N–H and O–H groups in total. The first-order valence-electron chi connectivity index (χ1n) is 5.52. The Morgan fingerprint density at radius 1 is 1.26 bits per heavy atom. The van der Waals surface area contributed by atoms with Crippen LogP contribution in [0.15, 0.2) is 53.2 Å². The van der Waals surface area contributed by atoms with Gasteiger partial charge in [0.1, 0.15) is 5.71 Å². The summed E-state index contributed by atoms with van der Waals surface area (Å²) in [5, 5.41) is 3.98. The zero-order valence-electron chi connectivity index (χ0n) is 10.1. The van der Waals surface area contributed by atoms with Crippen molar-refractivity contribution in [2.24, 2.45) is 5.16 Å². The lowest BCUT2D eigenvalue weighted by atomic mass is 10.1. The Bertz CT molecular complexity index is 629. The van der Waals surface area contributed by atoms with Gasteiger partial charge in [-0.1, -0.05) is 28.9 Å². The van der Waals surface area contributed by atoms with E-state index < -0.39 is 5.97 Å². The minimum atomic E-state index is -0.644. The van der Waals surface area contributed by atoms with Crippen LogP contribution in [-0.2, 0) is 9.63 Å². The van der Waals surface area contributed by atoms with Crippen LogP contribution in [0.2, 0.25) is 5.02 Å². The van der Waals surface area contributed by atoms with Crippen LogP contribution >= 0.6 is 11.6 Å². The van der Waals surface area contributed by atoms with Crippen molar-refractivity contribution in [1.29, 1.82) is 0 Å². The van der Waals surface area contributed by atoms with Gasteiger partial charge >= 0.3 is 5.97 Å². The number of carbonyl (C=O) groups excluding carboxylic acids is 2. The average Bonchev–Trinajstić information content (AvgIpc) is 2.40. The number of benzene rings is 1. The minimum Gasteiger partial charge on any atom is -0.312 e. The van der Waals surface area contributed by atoms with Gasteiger partial charge in [-0.25, -0.2) is 4.79 Å². The fourth-order valence-electron chi connectivity index (χ4n) is 1.46. The zero-order chi connectivity index (χ0) is 13.8. The van der Waals surface area contributed by atoms with Crippen LogP contribution in [0.1, 0.15) is 17.3 Å². The van der Waals surface area contributed by atoms with Crippen LogP contribution in [0.4, 0.5) is 0 Å². The molecule has 0 bridgehead atoms. The van der Waals surface area contributed by atoms with Gasteiger partial charge < -0.3 is 4.84 Å². The highest BCUT2D eigenvalue weighted by Crippen LogP contribution is 2.16. The second-order valence-corrected chi connectivity index (χ2v) is 4.31. The molecule has 0 aliphatic heterocycles. The Balaban J connectivity index is 2.12. The van der Waals surface area contributed by atoms with Crippen molar-refractivity contribution in [3.63, 3.8) is 0 Å². The van der Waals surface area contributed by atoms with E-state index in [2.05, 4.69) is 5.16 Å². The number of ketones is 1. The second-order valence-electron chi connectivity index (χ2n) is 3.90. The quantitative estimate of drug-likeness (QED) is 0.474. The maximum absolute atomic E-state index is 11.7. The molecule has 0 saturated carbocycles. The maximum Gasteiger partial charge on any atom is 0.367 e. The summed E-state index contributed by atoms with van der Waals surface area (Å²) in [5.74, 6) is -0.731.